The molecule has 0 bridgehead atoms. The first-order valence-electron chi connectivity index (χ1n) is 4.32. The SMILES string of the molecule is C[S@](=O)CCCCC1OCCO1. The summed E-state index contributed by atoms with van der Waals surface area (Å²) < 4.78 is 21.2. The minimum absolute atomic E-state index is 0.00953. The Bertz CT molecular complexity index is 143. The summed E-state index contributed by atoms with van der Waals surface area (Å²) in [6.45, 7) is 1.45. The van der Waals surface area contributed by atoms with E-state index in [1.807, 2.05) is 0 Å². The highest BCUT2D eigenvalue weighted by molar-refractivity contribution is 7.84. The molecular formula is C8H16O3S. The van der Waals surface area contributed by atoms with Gasteiger partial charge in [0.2, 0.25) is 0 Å². The van der Waals surface area contributed by atoms with E-state index in [0.717, 1.165) is 38.2 Å². The van der Waals surface area contributed by atoms with Crippen molar-refractivity contribution in [3.63, 3.8) is 0 Å². The van der Waals surface area contributed by atoms with E-state index < -0.39 is 10.8 Å². The second kappa shape index (κ2) is 5.67. The monoisotopic (exact) mass is 192 g/mol. The molecule has 0 aromatic carbocycles. The summed E-state index contributed by atoms with van der Waals surface area (Å²) in [5, 5.41) is 0. The predicted molar refractivity (Wildman–Crippen MR) is 48.5 cm³/mol. The van der Waals surface area contributed by atoms with Crippen LogP contribution in [0.3, 0.4) is 0 Å². The van der Waals surface area contributed by atoms with Crippen LogP contribution in [-0.2, 0) is 20.3 Å². The third-order valence-electron chi connectivity index (χ3n) is 1.81. The molecule has 0 N–H and O–H groups in total. The van der Waals surface area contributed by atoms with Crippen LogP contribution in [-0.4, -0.2) is 35.7 Å². The van der Waals surface area contributed by atoms with Gasteiger partial charge in [0.25, 0.3) is 0 Å². The van der Waals surface area contributed by atoms with Crippen LogP contribution < -0.4 is 0 Å². The molecule has 1 aliphatic heterocycles. The highest BCUT2D eigenvalue weighted by atomic mass is 32.2. The lowest BCUT2D eigenvalue weighted by molar-refractivity contribution is -0.0477. The zero-order valence-corrected chi connectivity index (χ0v) is 8.27. The van der Waals surface area contributed by atoms with Gasteiger partial charge in [0.05, 0.1) is 13.2 Å². The van der Waals surface area contributed by atoms with Gasteiger partial charge >= 0.3 is 0 Å². The maximum atomic E-state index is 10.7. The maximum absolute atomic E-state index is 10.7. The summed E-state index contributed by atoms with van der Waals surface area (Å²) in [6, 6.07) is 0. The van der Waals surface area contributed by atoms with Crippen LogP contribution in [0.1, 0.15) is 19.3 Å². The minimum atomic E-state index is -0.650. The van der Waals surface area contributed by atoms with Crippen LogP contribution >= 0.6 is 0 Å². The molecule has 0 radical (unpaired) electrons. The van der Waals surface area contributed by atoms with Gasteiger partial charge in [-0.2, -0.15) is 0 Å². The molecule has 3 nitrogen and oxygen atoms in total. The van der Waals surface area contributed by atoms with Gasteiger partial charge in [0, 0.05) is 22.8 Å². The van der Waals surface area contributed by atoms with Crippen LogP contribution in [0.15, 0.2) is 0 Å². The molecule has 1 fully saturated rings. The molecule has 1 atom stereocenters. The number of ether oxygens (including phenoxy) is 2. The van der Waals surface area contributed by atoms with Crippen molar-refractivity contribution in [1.82, 2.24) is 0 Å². The van der Waals surface area contributed by atoms with Gasteiger partial charge in [-0.25, -0.2) is 0 Å². The fraction of sp³-hybridized carbons (Fsp3) is 1.00. The van der Waals surface area contributed by atoms with Crippen molar-refractivity contribution in [3.05, 3.63) is 0 Å². The summed E-state index contributed by atoms with van der Waals surface area (Å²) in [6.07, 6.45) is 4.74. The lowest BCUT2D eigenvalue weighted by atomic mass is 10.2. The Balaban J connectivity index is 1.91. The Kier molecular flexibility index (Phi) is 4.80. The molecule has 1 heterocycles. The Morgan fingerprint density at radius 3 is 2.58 bits per heavy atom. The zero-order chi connectivity index (χ0) is 8.81. The van der Waals surface area contributed by atoms with E-state index >= 15 is 0 Å². The van der Waals surface area contributed by atoms with Crippen molar-refractivity contribution in [3.8, 4) is 0 Å². The summed E-state index contributed by atoms with van der Waals surface area (Å²) in [4.78, 5) is 0. The number of hydrogen-bond donors (Lipinski definition) is 0. The first-order chi connectivity index (χ1) is 5.79. The van der Waals surface area contributed by atoms with E-state index in [1.165, 1.54) is 0 Å². The van der Waals surface area contributed by atoms with E-state index in [9.17, 15) is 4.21 Å². The predicted octanol–water partition coefficient (Wildman–Crippen LogP) is 0.908. The minimum Gasteiger partial charge on any atom is -0.350 e. The molecule has 1 rings (SSSR count). The molecule has 0 saturated carbocycles. The van der Waals surface area contributed by atoms with Crippen molar-refractivity contribution in [2.45, 2.75) is 25.6 Å². The molecular weight excluding hydrogens is 176 g/mol. The third kappa shape index (κ3) is 4.18. The molecule has 0 unspecified atom stereocenters. The topological polar surface area (TPSA) is 35.5 Å². The molecule has 72 valence electrons. The van der Waals surface area contributed by atoms with Crippen molar-refractivity contribution < 1.29 is 13.7 Å². The van der Waals surface area contributed by atoms with E-state index in [0.29, 0.717) is 0 Å². The fourth-order valence-corrected chi connectivity index (χ4v) is 1.80. The lowest BCUT2D eigenvalue weighted by Crippen LogP contribution is -2.07. The molecule has 1 saturated heterocycles. The average molecular weight is 192 g/mol. The van der Waals surface area contributed by atoms with Gasteiger partial charge in [0.15, 0.2) is 6.29 Å². The standard InChI is InChI=1S/C8H16O3S/c1-12(9)7-3-2-4-8-10-5-6-11-8/h8H,2-7H2,1H3/t12-/m0/s1. The normalized spacial score (nSPS) is 21.4. The second-order valence-corrected chi connectivity index (χ2v) is 4.50. The van der Waals surface area contributed by atoms with Crippen molar-refractivity contribution in [2.24, 2.45) is 0 Å². The zero-order valence-electron chi connectivity index (χ0n) is 7.45. The molecule has 0 aromatic heterocycles. The van der Waals surface area contributed by atoms with Crippen molar-refractivity contribution in [1.29, 1.82) is 0 Å². The van der Waals surface area contributed by atoms with E-state index in [4.69, 9.17) is 9.47 Å². The molecule has 0 spiro atoms. The fourth-order valence-electron chi connectivity index (χ4n) is 1.19. The van der Waals surface area contributed by atoms with Crippen LogP contribution in [0.25, 0.3) is 0 Å². The second-order valence-electron chi connectivity index (χ2n) is 2.94. The molecule has 4 heteroatoms. The molecule has 1 aliphatic rings. The Hall–Kier alpha value is 0.0700. The summed E-state index contributed by atoms with van der Waals surface area (Å²) in [7, 11) is -0.650. The van der Waals surface area contributed by atoms with Gasteiger partial charge in [-0.1, -0.05) is 0 Å². The summed E-state index contributed by atoms with van der Waals surface area (Å²) in [5.74, 6) is 0.798. The quantitative estimate of drug-likeness (QED) is 0.607. The van der Waals surface area contributed by atoms with E-state index in [2.05, 4.69) is 0 Å². The van der Waals surface area contributed by atoms with Gasteiger partial charge in [0.1, 0.15) is 0 Å². The number of hydrogen-bond acceptors (Lipinski definition) is 3. The van der Waals surface area contributed by atoms with Crippen LogP contribution in [0.5, 0.6) is 0 Å². The molecule has 0 aliphatic carbocycles. The first-order valence-corrected chi connectivity index (χ1v) is 6.05. The van der Waals surface area contributed by atoms with Gasteiger partial charge in [-0.15, -0.1) is 0 Å². The Labute approximate surface area is 75.9 Å². The van der Waals surface area contributed by atoms with Crippen LogP contribution in [0, 0.1) is 0 Å². The lowest BCUT2D eigenvalue weighted by Gasteiger charge is -2.07. The van der Waals surface area contributed by atoms with Crippen LogP contribution in [0.4, 0.5) is 0 Å². The van der Waals surface area contributed by atoms with Gasteiger partial charge < -0.3 is 9.47 Å². The Morgan fingerprint density at radius 1 is 1.33 bits per heavy atom. The first kappa shape index (κ1) is 10.2. The Morgan fingerprint density at radius 2 is 2.00 bits per heavy atom. The highest BCUT2D eigenvalue weighted by Gasteiger charge is 2.14. The van der Waals surface area contributed by atoms with Crippen molar-refractivity contribution >= 4 is 10.8 Å². The number of unbranched alkanes of at least 4 members (excludes halogenated alkanes) is 1. The third-order valence-corrected chi connectivity index (χ3v) is 2.68. The van der Waals surface area contributed by atoms with Gasteiger partial charge in [-0.05, 0) is 19.3 Å². The van der Waals surface area contributed by atoms with Crippen molar-refractivity contribution in [2.75, 3.05) is 25.2 Å². The summed E-state index contributed by atoms with van der Waals surface area (Å²) >= 11 is 0. The maximum Gasteiger partial charge on any atom is 0.157 e. The smallest absolute Gasteiger partial charge is 0.157 e. The average Bonchev–Trinajstić information content (AvgIpc) is 2.49. The highest BCUT2D eigenvalue weighted by Crippen LogP contribution is 2.11. The van der Waals surface area contributed by atoms with E-state index in [1.54, 1.807) is 6.26 Å². The van der Waals surface area contributed by atoms with Crippen LogP contribution in [0.2, 0.25) is 0 Å². The largest absolute Gasteiger partial charge is 0.350 e. The van der Waals surface area contributed by atoms with Gasteiger partial charge in [-0.3, -0.25) is 4.21 Å². The molecule has 12 heavy (non-hydrogen) atoms. The molecule has 0 amide bonds. The molecule has 0 aromatic rings. The summed E-state index contributed by atoms with van der Waals surface area (Å²) in [5.41, 5.74) is 0. The van der Waals surface area contributed by atoms with E-state index in [-0.39, 0.29) is 6.29 Å². The number of rotatable bonds is 5.